The Bertz CT molecular complexity index is 1960. The minimum Gasteiger partial charge on any atom is -0.384 e. The number of anilines is 1. The number of rotatable bonds is 9. The number of pyridine rings is 1. The van der Waals surface area contributed by atoms with Crippen molar-refractivity contribution >= 4 is 21.6 Å². The van der Waals surface area contributed by atoms with Crippen LogP contribution in [-0.2, 0) is 28.6 Å². The molecule has 6 rings (SSSR count). The molecule has 13 heteroatoms. The number of nitriles is 1. The van der Waals surface area contributed by atoms with Crippen molar-refractivity contribution in [2.45, 2.75) is 82.4 Å². The van der Waals surface area contributed by atoms with Crippen LogP contribution in [0, 0.1) is 36.0 Å². The van der Waals surface area contributed by atoms with Gasteiger partial charge in [0.25, 0.3) is 5.91 Å². The molecule has 4 atom stereocenters. The number of aromatic nitrogens is 3. The first-order chi connectivity index (χ1) is 22.4. The van der Waals surface area contributed by atoms with E-state index in [1.165, 1.54) is 6.07 Å². The zero-order valence-corrected chi connectivity index (χ0v) is 27.3. The molecular formula is C34H37FN6O5S. The number of amides is 1. The average molecular weight is 661 g/mol. The van der Waals surface area contributed by atoms with Gasteiger partial charge in [-0.1, -0.05) is 42.4 Å². The van der Waals surface area contributed by atoms with Gasteiger partial charge in [-0.25, -0.2) is 18.1 Å². The summed E-state index contributed by atoms with van der Waals surface area (Å²) < 4.78 is 52.7. The second-order valence-electron chi connectivity index (χ2n) is 12.9. The number of halogens is 1. The maximum absolute atomic E-state index is 14.3. The van der Waals surface area contributed by atoms with E-state index in [0.29, 0.717) is 42.1 Å². The van der Waals surface area contributed by atoms with Crippen molar-refractivity contribution in [1.82, 2.24) is 19.4 Å². The van der Waals surface area contributed by atoms with E-state index in [2.05, 4.69) is 20.2 Å². The first-order valence-corrected chi connectivity index (χ1v) is 17.2. The van der Waals surface area contributed by atoms with Crippen molar-refractivity contribution in [3.05, 3.63) is 82.8 Å². The fourth-order valence-corrected chi connectivity index (χ4v) is 9.09. The third-order valence-corrected chi connectivity index (χ3v) is 11.1. The van der Waals surface area contributed by atoms with E-state index < -0.39 is 33.5 Å². The minimum atomic E-state index is -4.12. The van der Waals surface area contributed by atoms with Gasteiger partial charge >= 0.3 is 0 Å². The zero-order chi connectivity index (χ0) is 33.5. The highest BCUT2D eigenvalue weighted by atomic mass is 32.2. The third-order valence-electron chi connectivity index (χ3n) is 9.43. The lowest BCUT2D eigenvalue weighted by molar-refractivity contribution is 0.0200. The summed E-state index contributed by atoms with van der Waals surface area (Å²) in [5.74, 6) is -1.18. The second kappa shape index (κ2) is 12.7. The van der Waals surface area contributed by atoms with E-state index in [-0.39, 0.29) is 40.2 Å². The normalized spacial score (nSPS) is 20.7. The molecule has 11 nitrogen and oxygen atoms in total. The van der Waals surface area contributed by atoms with Crippen LogP contribution >= 0.6 is 0 Å². The van der Waals surface area contributed by atoms with Crippen LogP contribution in [0.4, 0.5) is 10.1 Å². The van der Waals surface area contributed by atoms with Crippen molar-refractivity contribution in [2.75, 3.05) is 5.32 Å². The Hall–Kier alpha value is -4.38. The Morgan fingerprint density at radius 3 is 2.72 bits per heavy atom. The van der Waals surface area contributed by atoms with E-state index in [1.54, 1.807) is 30.6 Å². The number of hydrogen-bond acceptors (Lipinski definition) is 8. The lowest BCUT2D eigenvalue weighted by Gasteiger charge is -2.30. The molecule has 246 valence electrons. The summed E-state index contributed by atoms with van der Waals surface area (Å²) in [6.45, 7) is 5.73. The SMILES string of the molecule is Cc1c(S(=O)(=O)NC2C(C)CCC2CC(C)(O)c2cc(-c3ccccc3)on2)c2n(c1C(=O)Nc1cc(F)nc(C#N)c1)CCCC2. The van der Waals surface area contributed by atoms with Crippen molar-refractivity contribution in [2.24, 2.45) is 11.8 Å². The molecule has 0 bridgehead atoms. The van der Waals surface area contributed by atoms with Gasteiger partial charge in [-0.2, -0.15) is 9.65 Å². The van der Waals surface area contributed by atoms with Crippen molar-refractivity contribution in [3.63, 3.8) is 0 Å². The molecule has 0 radical (unpaired) electrons. The highest BCUT2D eigenvalue weighted by molar-refractivity contribution is 7.89. The van der Waals surface area contributed by atoms with Gasteiger partial charge in [-0.3, -0.25) is 4.79 Å². The molecule has 1 aromatic carbocycles. The first-order valence-electron chi connectivity index (χ1n) is 15.8. The average Bonchev–Trinajstić information content (AvgIpc) is 3.74. The van der Waals surface area contributed by atoms with Gasteiger partial charge in [0.1, 0.15) is 33.6 Å². The number of benzene rings is 1. The molecule has 1 aliphatic heterocycles. The number of carbonyl (C=O) groups is 1. The molecule has 1 aliphatic carbocycles. The fraction of sp³-hybridized carbons (Fsp3) is 0.412. The van der Waals surface area contributed by atoms with Crippen LogP contribution in [0.5, 0.6) is 0 Å². The fourth-order valence-electron chi connectivity index (χ4n) is 7.17. The molecular weight excluding hydrogens is 623 g/mol. The summed E-state index contributed by atoms with van der Waals surface area (Å²) in [6, 6.07) is 14.7. The molecule has 3 aromatic heterocycles. The molecule has 0 saturated heterocycles. The molecule has 1 amide bonds. The summed E-state index contributed by atoms with van der Waals surface area (Å²) in [5.41, 5.74) is 0.717. The topological polar surface area (TPSA) is 163 Å². The standard InChI is InChI=1S/C34H37FN6O5S/c1-20-12-13-23(18-34(3,43)28-17-27(46-39-28)22-9-5-4-6-10-22)30(20)40-47(44,45)32-21(2)31(41-14-8-7-11-26(32)41)33(42)38-24-15-25(19-36)37-29(35)16-24/h4-6,9-10,15-17,20,23,30,40,43H,7-8,11-14,18H2,1-3H3,(H,37,38,42). The van der Waals surface area contributed by atoms with Crippen LogP contribution in [0.25, 0.3) is 11.3 Å². The zero-order valence-electron chi connectivity index (χ0n) is 26.5. The van der Waals surface area contributed by atoms with Gasteiger partial charge in [0.2, 0.25) is 16.0 Å². The number of carbonyl (C=O) groups excluding carboxylic acids is 1. The van der Waals surface area contributed by atoms with Gasteiger partial charge in [0.05, 0.1) is 0 Å². The Morgan fingerprint density at radius 2 is 1.98 bits per heavy atom. The molecule has 4 aromatic rings. The van der Waals surface area contributed by atoms with Crippen molar-refractivity contribution in [1.29, 1.82) is 5.26 Å². The Kier molecular flexibility index (Phi) is 8.78. The van der Waals surface area contributed by atoms with Gasteiger partial charge in [0.15, 0.2) is 5.76 Å². The van der Waals surface area contributed by atoms with E-state index >= 15 is 0 Å². The summed E-state index contributed by atoms with van der Waals surface area (Å²) in [4.78, 5) is 17.1. The van der Waals surface area contributed by atoms with Gasteiger partial charge in [0, 0.05) is 47.2 Å². The smallest absolute Gasteiger partial charge is 0.272 e. The van der Waals surface area contributed by atoms with Gasteiger partial charge in [-0.05, 0) is 70.3 Å². The predicted octanol–water partition coefficient (Wildman–Crippen LogP) is 5.44. The molecule has 4 heterocycles. The molecule has 3 N–H and O–H groups in total. The summed E-state index contributed by atoms with van der Waals surface area (Å²) >= 11 is 0. The number of nitrogens with zero attached hydrogens (tertiary/aromatic N) is 4. The van der Waals surface area contributed by atoms with E-state index in [1.807, 2.05) is 37.3 Å². The number of aliphatic hydroxyl groups is 1. The van der Waals surface area contributed by atoms with Crippen LogP contribution < -0.4 is 10.0 Å². The van der Waals surface area contributed by atoms with E-state index in [0.717, 1.165) is 30.9 Å². The molecule has 47 heavy (non-hydrogen) atoms. The number of sulfonamides is 1. The largest absolute Gasteiger partial charge is 0.384 e. The Labute approximate surface area is 272 Å². The van der Waals surface area contributed by atoms with E-state index in [9.17, 15) is 22.7 Å². The van der Waals surface area contributed by atoms with E-state index in [4.69, 9.17) is 9.78 Å². The highest BCUT2D eigenvalue weighted by Crippen LogP contribution is 2.41. The highest BCUT2D eigenvalue weighted by Gasteiger charge is 2.43. The molecule has 2 aliphatic rings. The summed E-state index contributed by atoms with van der Waals surface area (Å²) in [6.07, 6.45) is 3.75. The molecule has 1 fully saturated rings. The number of hydrogen-bond donors (Lipinski definition) is 3. The third kappa shape index (κ3) is 6.45. The maximum Gasteiger partial charge on any atom is 0.272 e. The lowest BCUT2D eigenvalue weighted by atomic mass is 9.85. The molecule has 4 unspecified atom stereocenters. The van der Waals surface area contributed by atoms with Crippen LogP contribution in [-0.4, -0.2) is 40.2 Å². The maximum atomic E-state index is 14.3. The Morgan fingerprint density at radius 1 is 1.21 bits per heavy atom. The number of nitrogens with one attached hydrogen (secondary N) is 2. The second-order valence-corrected chi connectivity index (χ2v) is 14.5. The number of fused-ring (bicyclic) bond motifs is 1. The Balaban J connectivity index is 1.26. The van der Waals surface area contributed by atoms with Crippen molar-refractivity contribution < 1.29 is 27.2 Å². The van der Waals surface area contributed by atoms with Crippen LogP contribution in [0.15, 0.2) is 57.9 Å². The minimum absolute atomic E-state index is 0.000182. The lowest BCUT2D eigenvalue weighted by Crippen LogP contribution is -2.43. The van der Waals surface area contributed by atoms with Crippen LogP contribution in [0.2, 0.25) is 0 Å². The van der Waals surface area contributed by atoms with Crippen molar-refractivity contribution in [3.8, 4) is 17.4 Å². The van der Waals surface area contributed by atoms with Crippen LogP contribution in [0.3, 0.4) is 0 Å². The molecule has 1 saturated carbocycles. The summed E-state index contributed by atoms with van der Waals surface area (Å²) in [5, 5.41) is 27.5. The van der Waals surface area contributed by atoms with Crippen LogP contribution in [0.1, 0.15) is 79.1 Å². The predicted molar refractivity (Wildman–Crippen MR) is 171 cm³/mol. The molecule has 0 spiro atoms. The van der Waals surface area contributed by atoms with Gasteiger partial charge in [-0.15, -0.1) is 0 Å². The quantitative estimate of drug-likeness (QED) is 0.200. The monoisotopic (exact) mass is 660 g/mol. The first kappa shape index (κ1) is 32.6. The summed E-state index contributed by atoms with van der Waals surface area (Å²) in [7, 11) is -4.12. The van der Waals surface area contributed by atoms with Gasteiger partial charge < -0.3 is 19.5 Å².